The second kappa shape index (κ2) is 21.0. The zero-order valence-electron chi connectivity index (χ0n) is 20.4. The molecule has 5 heteroatoms. The van der Waals surface area contributed by atoms with Crippen LogP contribution < -0.4 is 0 Å². The van der Waals surface area contributed by atoms with Crippen LogP contribution in [0.1, 0.15) is 136 Å². The summed E-state index contributed by atoms with van der Waals surface area (Å²) >= 11 is 0. The minimum Gasteiger partial charge on any atom is -0.478 e. The average Bonchev–Trinajstić information content (AvgIpc) is 2.76. The predicted octanol–water partition coefficient (Wildman–Crippen LogP) is 7.63. The number of rotatable bonds is 18. The van der Waals surface area contributed by atoms with E-state index in [1.165, 1.54) is 121 Å². The summed E-state index contributed by atoms with van der Waals surface area (Å²) in [6.07, 6.45) is 22.2. The van der Waals surface area contributed by atoms with E-state index in [-0.39, 0.29) is 16.7 Å². The Morgan fingerprint density at radius 3 is 1.22 bits per heavy atom. The molecule has 0 unspecified atom stereocenters. The lowest BCUT2D eigenvalue weighted by molar-refractivity contribution is 0.0696. The number of carboxylic acids is 2. The predicted molar refractivity (Wildman–Crippen MR) is 132 cm³/mol. The molecule has 184 valence electrons. The number of carboxylic acid groups (broad SMARTS) is 2. The van der Waals surface area contributed by atoms with Gasteiger partial charge in [-0.15, -0.1) is 0 Å². The van der Waals surface area contributed by atoms with E-state index in [0.717, 1.165) is 6.42 Å². The van der Waals surface area contributed by atoms with Gasteiger partial charge in [0.15, 0.2) is 0 Å². The quantitative estimate of drug-likeness (QED) is 0.200. The summed E-state index contributed by atoms with van der Waals surface area (Å²) in [6.45, 7) is 4.14. The van der Waals surface area contributed by atoms with E-state index >= 15 is 0 Å². The van der Waals surface area contributed by atoms with Gasteiger partial charge in [-0.1, -0.05) is 109 Å². The summed E-state index contributed by atoms with van der Waals surface area (Å²) in [5.41, 5.74) is 0.335. The van der Waals surface area contributed by atoms with Crippen LogP contribution in [0.5, 0.6) is 0 Å². The monoisotopic (exact) mass is 450 g/mol. The number of aliphatic hydroxyl groups excluding tert-OH is 1. The van der Waals surface area contributed by atoms with Crippen molar-refractivity contribution < 1.29 is 24.9 Å². The number of unbranched alkanes of at least 4 members (excludes halogenated alkanes) is 15. The first-order valence-corrected chi connectivity index (χ1v) is 12.6. The minimum absolute atomic E-state index is 0.0277. The molecule has 0 spiro atoms. The van der Waals surface area contributed by atoms with Gasteiger partial charge in [0.25, 0.3) is 0 Å². The molecule has 0 amide bonds. The van der Waals surface area contributed by atoms with E-state index in [4.69, 9.17) is 15.3 Å². The maximum atomic E-state index is 10.6. The van der Waals surface area contributed by atoms with E-state index in [0.29, 0.717) is 6.61 Å². The van der Waals surface area contributed by atoms with Gasteiger partial charge in [0.2, 0.25) is 0 Å². The van der Waals surface area contributed by atoms with Gasteiger partial charge < -0.3 is 15.3 Å². The van der Waals surface area contributed by atoms with Crippen LogP contribution in [0.4, 0.5) is 0 Å². The topological polar surface area (TPSA) is 94.8 Å². The largest absolute Gasteiger partial charge is 0.478 e. The molecule has 3 N–H and O–H groups in total. The highest BCUT2D eigenvalue weighted by Crippen LogP contribution is 2.14. The van der Waals surface area contributed by atoms with E-state index in [1.807, 2.05) is 0 Å². The van der Waals surface area contributed by atoms with Crippen LogP contribution in [0.25, 0.3) is 0 Å². The molecule has 0 aliphatic heterocycles. The zero-order valence-corrected chi connectivity index (χ0v) is 20.4. The van der Waals surface area contributed by atoms with Gasteiger partial charge >= 0.3 is 11.9 Å². The number of hydrogen-bond donors (Lipinski definition) is 3. The first-order valence-electron chi connectivity index (χ1n) is 12.6. The van der Waals surface area contributed by atoms with Crippen LogP contribution in [-0.4, -0.2) is 33.9 Å². The number of carbonyl (C=O) groups is 2. The van der Waals surface area contributed by atoms with Crippen molar-refractivity contribution in [2.45, 2.75) is 117 Å². The first kappa shape index (κ1) is 30.1. The summed E-state index contributed by atoms with van der Waals surface area (Å²) in [5.74, 6) is -2.22. The molecule has 0 saturated carbocycles. The van der Waals surface area contributed by atoms with Crippen molar-refractivity contribution in [1.82, 2.24) is 0 Å². The van der Waals surface area contributed by atoms with Crippen molar-refractivity contribution in [2.24, 2.45) is 0 Å². The Morgan fingerprint density at radius 1 is 0.625 bits per heavy atom. The van der Waals surface area contributed by atoms with Crippen LogP contribution in [0, 0.1) is 6.92 Å². The summed E-state index contributed by atoms with van der Waals surface area (Å²) in [4.78, 5) is 21.2. The fraction of sp³-hybridized carbons (Fsp3) is 0.704. The molecule has 0 aliphatic carbocycles. The zero-order chi connectivity index (χ0) is 24.0. The normalized spacial score (nSPS) is 10.5. The van der Waals surface area contributed by atoms with E-state index in [2.05, 4.69) is 6.92 Å². The molecule has 0 atom stereocenters. The van der Waals surface area contributed by atoms with Crippen molar-refractivity contribution in [3.05, 3.63) is 34.9 Å². The smallest absolute Gasteiger partial charge is 0.335 e. The maximum absolute atomic E-state index is 10.6. The number of aliphatic hydroxyl groups is 1. The molecule has 32 heavy (non-hydrogen) atoms. The first-order chi connectivity index (χ1) is 15.5. The van der Waals surface area contributed by atoms with Gasteiger partial charge in [-0.25, -0.2) is 9.59 Å². The van der Waals surface area contributed by atoms with Crippen molar-refractivity contribution >= 4 is 11.9 Å². The molecule has 0 aliphatic rings. The molecule has 0 saturated heterocycles. The lowest BCUT2D eigenvalue weighted by Crippen LogP contribution is -2.06. The molecule has 0 heterocycles. The van der Waals surface area contributed by atoms with Crippen molar-refractivity contribution in [2.75, 3.05) is 6.61 Å². The molecule has 1 aromatic carbocycles. The highest BCUT2D eigenvalue weighted by Gasteiger charge is 2.13. The third-order valence-electron chi connectivity index (χ3n) is 5.81. The van der Waals surface area contributed by atoms with Crippen LogP contribution in [-0.2, 0) is 0 Å². The van der Waals surface area contributed by atoms with Crippen LogP contribution in [0.15, 0.2) is 18.2 Å². The fourth-order valence-electron chi connectivity index (χ4n) is 3.76. The molecule has 1 rings (SSSR count). The maximum Gasteiger partial charge on any atom is 0.335 e. The highest BCUT2D eigenvalue weighted by molar-refractivity contribution is 5.96. The molecule has 0 fully saturated rings. The Balaban J connectivity index is 0.000000641. The van der Waals surface area contributed by atoms with E-state index in [9.17, 15) is 9.59 Å². The third-order valence-corrected chi connectivity index (χ3v) is 5.81. The summed E-state index contributed by atoms with van der Waals surface area (Å²) < 4.78 is 0. The number of hydrogen-bond acceptors (Lipinski definition) is 3. The molecule has 5 nitrogen and oxygen atoms in total. The molecule has 1 aromatic rings. The van der Waals surface area contributed by atoms with Gasteiger partial charge in [-0.3, -0.25) is 0 Å². The van der Waals surface area contributed by atoms with Gasteiger partial charge in [-0.2, -0.15) is 0 Å². The Morgan fingerprint density at radius 2 is 0.938 bits per heavy atom. The molecule has 0 bridgehead atoms. The van der Waals surface area contributed by atoms with Crippen molar-refractivity contribution in [3.8, 4) is 0 Å². The molecule has 0 aromatic heterocycles. The summed E-state index contributed by atoms with van der Waals surface area (Å²) in [6, 6.07) is 4.17. The summed E-state index contributed by atoms with van der Waals surface area (Å²) in [7, 11) is 0. The van der Waals surface area contributed by atoms with Crippen molar-refractivity contribution in [3.63, 3.8) is 0 Å². The lowest BCUT2D eigenvalue weighted by atomic mass is 10.0. The fourth-order valence-corrected chi connectivity index (χ4v) is 3.76. The summed E-state index contributed by atoms with van der Waals surface area (Å²) in [5, 5.41) is 26.0. The van der Waals surface area contributed by atoms with Crippen LogP contribution in [0.3, 0.4) is 0 Å². The SMILES string of the molecule is CCCCCCCCCCCCCCCCCCO.Cc1c(C(=O)O)cccc1C(=O)O. The van der Waals surface area contributed by atoms with Gasteiger partial charge in [0.05, 0.1) is 11.1 Å². The second-order valence-corrected chi connectivity index (χ2v) is 8.62. The van der Waals surface area contributed by atoms with Gasteiger partial charge in [0, 0.05) is 6.61 Å². The standard InChI is InChI=1S/C18H38O.C9H8O4/c1-2-3-4-5-6-7-8-9-10-11-12-13-14-15-16-17-18-19;1-5-6(8(10)11)3-2-4-7(5)9(12)13/h19H,2-18H2,1H3;2-4H,1H3,(H,10,11)(H,12,13). The Labute approximate surface area is 195 Å². The molecular formula is C27H46O5. The average molecular weight is 451 g/mol. The van der Waals surface area contributed by atoms with Gasteiger partial charge in [-0.05, 0) is 31.0 Å². The highest BCUT2D eigenvalue weighted by atomic mass is 16.4. The van der Waals surface area contributed by atoms with Crippen molar-refractivity contribution in [1.29, 1.82) is 0 Å². The van der Waals surface area contributed by atoms with Crippen LogP contribution >= 0.6 is 0 Å². The third kappa shape index (κ3) is 15.9. The number of benzene rings is 1. The minimum atomic E-state index is -1.11. The Bertz CT molecular complexity index is 564. The van der Waals surface area contributed by atoms with E-state index < -0.39 is 11.9 Å². The van der Waals surface area contributed by atoms with Gasteiger partial charge in [0.1, 0.15) is 0 Å². The number of aromatic carboxylic acids is 2. The second-order valence-electron chi connectivity index (χ2n) is 8.62. The lowest BCUT2D eigenvalue weighted by Gasteiger charge is -2.03. The van der Waals surface area contributed by atoms with Crippen LogP contribution in [0.2, 0.25) is 0 Å². The molecular weight excluding hydrogens is 404 g/mol. The Hall–Kier alpha value is -1.88. The Kier molecular flexibility index (Phi) is 19.8. The van der Waals surface area contributed by atoms with E-state index in [1.54, 1.807) is 0 Å². The molecule has 0 radical (unpaired) electrons.